The lowest BCUT2D eigenvalue weighted by Crippen LogP contribution is -2.36. The van der Waals surface area contributed by atoms with Crippen LogP contribution in [-0.4, -0.2) is 28.0 Å². The largest absolute Gasteiger partial charge is 0.409 e. The Kier molecular flexibility index (Phi) is 3.99. The molecule has 1 amide bonds. The third kappa shape index (κ3) is 3.01. The van der Waals surface area contributed by atoms with Gasteiger partial charge in [-0.1, -0.05) is 18.5 Å². The molecule has 0 saturated heterocycles. The van der Waals surface area contributed by atoms with E-state index in [0.717, 1.165) is 19.3 Å². The Morgan fingerprint density at radius 1 is 1.53 bits per heavy atom. The number of pyridine rings is 1. The number of carbonyl (C=O) groups is 1. The van der Waals surface area contributed by atoms with Crippen LogP contribution in [0.1, 0.15) is 42.2 Å². The van der Waals surface area contributed by atoms with E-state index in [1.54, 1.807) is 12.1 Å². The SMILES string of the molecule is CC1CCCC1NC(=O)c1ccc(C(N)=NO)cn1. The van der Waals surface area contributed by atoms with Gasteiger partial charge in [0.2, 0.25) is 0 Å². The van der Waals surface area contributed by atoms with Crippen LogP contribution in [0, 0.1) is 5.92 Å². The smallest absolute Gasteiger partial charge is 0.270 e. The van der Waals surface area contributed by atoms with Gasteiger partial charge < -0.3 is 16.3 Å². The molecule has 2 unspecified atom stereocenters. The van der Waals surface area contributed by atoms with Crippen molar-refractivity contribution in [1.82, 2.24) is 10.3 Å². The van der Waals surface area contributed by atoms with Gasteiger partial charge in [0.1, 0.15) is 5.69 Å². The third-order valence-corrected chi connectivity index (χ3v) is 3.58. The highest BCUT2D eigenvalue weighted by atomic mass is 16.4. The van der Waals surface area contributed by atoms with Crippen molar-refractivity contribution in [3.05, 3.63) is 29.6 Å². The minimum atomic E-state index is -0.176. The fourth-order valence-corrected chi connectivity index (χ4v) is 2.34. The van der Waals surface area contributed by atoms with Gasteiger partial charge in [-0.15, -0.1) is 0 Å². The van der Waals surface area contributed by atoms with E-state index in [2.05, 4.69) is 22.4 Å². The molecule has 0 spiro atoms. The number of rotatable bonds is 3. The molecule has 1 aromatic heterocycles. The van der Waals surface area contributed by atoms with Gasteiger partial charge in [-0.3, -0.25) is 9.78 Å². The Bertz CT molecular complexity index is 484. The lowest BCUT2D eigenvalue weighted by atomic mass is 10.1. The van der Waals surface area contributed by atoms with E-state index >= 15 is 0 Å². The van der Waals surface area contributed by atoms with Crippen LogP contribution in [0.3, 0.4) is 0 Å². The first-order chi connectivity index (χ1) is 9.11. The fourth-order valence-electron chi connectivity index (χ4n) is 2.34. The third-order valence-electron chi connectivity index (χ3n) is 3.58. The predicted molar refractivity (Wildman–Crippen MR) is 71.0 cm³/mol. The second kappa shape index (κ2) is 5.69. The summed E-state index contributed by atoms with van der Waals surface area (Å²) in [6.07, 6.45) is 4.75. The molecule has 2 rings (SSSR count). The van der Waals surface area contributed by atoms with Gasteiger partial charge in [0.15, 0.2) is 5.84 Å². The number of nitrogens with one attached hydrogen (secondary N) is 1. The average Bonchev–Trinajstić information content (AvgIpc) is 2.83. The van der Waals surface area contributed by atoms with Crippen LogP contribution in [0.4, 0.5) is 0 Å². The van der Waals surface area contributed by atoms with Gasteiger partial charge in [-0.05, 0) is 30.9 Å². The van der Waals surface area contributed by atoms with E-state index in [1.165, 1.54) is 6.20 Å². The predicted octanol–water partition coefficient (Wildman–Crippen LogP) is 1.09. The van der Waals surface area contributed by atoms with Crippen molar-refractivity contribution in [3.63, 3.8) is 0 Å². The first kappa shape index (κ1) is 13.3. The number of amidine groups is 1. The summed E-state index contributed by atoms with van der Waals surface area (Å²) in [5, 5.41) is 14.4. The molecule has 1 aromatic rings. The average molecular weight is 262 g/mol. The number of nitrogens with zero attached hydrogens (tertiary/aromatic N) is 2. The number of amides is 1. The molecule has 19 heavy (non-hydrogen) atoms. The van der Waals surface area contributed by atoms with E-state index in [0.29, 0.717) is 17.2 Å². The van der Waals surface area contributed by atoms with Gasteiger partial charge >= 0.3 is 0 Å². The molecule has 6 nitrogen and oxygen atoms in total. The van der Waals surface area contributed by atoms with Crippen LogP contribution >= 0.6 is 0 Å². The lowest BCUT2D eigenvalue weighted by Gasteiger charge is -2.16. The molecule has 0 radical (unpaired) electrons. The number of carbonyl (C=O) groups excluding carboxylic acids is 1. The summed E-state index contributed by atoms with van der Waals surface area (Å²) in [6, 6.07) is 3.41. The zero-order valence-corrected chi connectivity index (χ0v) is 10.8. The summed E-state index contributed by atoms with van der Waals surface area (Å²) in [5.74, 6) is 0.314. The first-order valence-electron chi connectivity index (χ1n) is 6.36. The summed E-state index contributed by atoms with van der Waals surface area (Å²) >= 11 is 0. The molecule has 1 heterocycles. The van der Waals surface area contributed by atoms with Crippen LogP contribution < -0.4 is 11.1 Å². The van der Waals surface area contributed by atoms with Crippen LogP contribution in [0.15, 0.2) is 23.5 Å². The van der Waals surface area contributed by atoms with Crippen molar-refractivity contribution in [3.8, 4) is 0 Å². The molecule has 1 aliphatic carbocycles. The molecular weight excluding hydrogens is 244 g/mol. The maximum Gasteiger partial charge on any atom is 0.270 e. The molecule has 102 valence electrons. The molecule has 1 saturated carbocycles. The van der Waals surface area contributed by atoms with E-state index in [-0.39, 0.29) is 17.8 Å². The summed E-state index contributed by atoms with van der Waals surface area (Å²) < 4.78 is 0. The Balaban J connectivity index is 2.03. The van der Waals surface area contributed by atoms with Crippen molar-refractivity contribution >= 4 is 11.7 Å². The molecule has 6 heteroatoms. The number of oxime groups is 1. The Labute approximate surface area is 111 Å². The van der Waals surface area contributed by atoms with Gasteiger partial charge in [0, 0.05) is 17.8 Å². The normalized spacial score (nSPS) is 23.3. The highest BCUT2D eigenvalue weighted by Crippen LogP contribution is 2.24. The van der Waals surface area contributed by atoms with Gasteiger partial charge in [-0.25, -0.2) is 0 Å². The Morgan fingerprint density at radius 2 is 2.32 bits per heavy atom. The molecular formula is C13H18N4O2. The number of aromatic nitrogens is 1. The van der Waals surface area contributed by atoms with Crippen molar-refractivity contribution in [2.75, 3.05) is 0 Å². The molecule has 0 aliphatic heterocycles. The molecule has 2 atom stereocenters. The second-order valence-corrected chi connectivity index (χ2v) is 4.91. The topological polar surface area (TPSA) is 101 Å². The Hall–Kier alpha value is -2.11. The van der Waals surface area contributed by atoms with Crippen LogP contribution in [0.25, 0.3) is 0 Å². The van der Waals surface area contributed by atoms with Crippen LogP contribution in [0.5, 0.6) is 0 Å². The van der Waals surface area contributed by atoms with E-state index in [1.807, 2.05) is 0 Å². The van der Waals surface area contributed by atoms with E-state index in [9.17, 15) is 4.79 Å². The highest BCUT2D eigenvalue weighted by molar-refractivity contribution is 5.98. The van der Waals surface area contributed by atoms with Crippen molar-refractivity contribution in [2.24, 2.45) is 16.8 Å². The monoisotopic (exact) mass is 262 g/mol. The van der Waals surface area contributed by atoms with E-state index < -0.39 is 0 Å². The first-order valence-corrected chi connectivity index (χ1v) is 6.36. The minimum absolute atomic E-state index is 0.0242. The van der Waals surface area contributed by atoms with Gasteiger partial charge in [0.05, 0.1) is 0 Å². The molecule has 4 N–H and O–H groups in total. The van der Waals surface area contributed by atoms with Crippen LogP contribution in [-0.2, 0) is 0 Å². The zero-order valence-electron chi connectivity index (χ0n) is 10.8. The van der Waals surface area contributed by atoms with Crippen LogP contribution in [0.2, 0.25) is 0 Å². The zero-order chi connectivity index (χ0) is 13.8. The van der Waals surface area contributed by atoms with E-state index in [4.69, 9.17) is 10.9 Å². The molecule has 0 bridgehead atoms. The number of hydrogen-bond donors (Lipinski definition) is 3. The number of nitrogens with two attached hydrogens (primary N) is 1. The maximum atomic E-state index is 12.0. The molecule has 0 aromatic carbocycles. The summed E-state index contributed by atoms with van der Waals surface area (Å²) in [6.45, 7) is 2.15. The standard InChI is InChI=1S/C13H18N4O2/c1-8-3-2-4-10(8)16-13(18)11-6-5-9(7-15-11)12(14)17-19/h5-8,10,19H,2-4H2,1H3,(H2,14,17)(H,16,18). The number of hydrogen-bond acceptors (Lipinski definition) is 4. The molecule has 1 aliphatic rings. The Morgan fingerprint density at radius 3 is 2.84 bits per heavy atom. The maximum absolute atomic E-state index is 12.0. The summed E-state index contributed by atoms with van der Waals surface area (Å²) in [4.78, 5) is 16.0. The fraction of sp³-hybridized carbons (Fsp3) is 0.462. The van der Waals surface area contributed by atoms with Crippen molar-refractivity contribution in [1.29, 1.82) is 0 Å². The van der Waals surface area contributed by atoms with Gasteiger partial charge in [-0.2, -0.15) is 0 Å². The lowest BCUT2D eigenvalue weighted by molar-refractivity contribution is 0.0924. The summed E-state index contributed by atoms with van der Waals surface area (Å²) in [5.41, 5.74) is 6.25. The quantitative estimate of drug-likeness (QED) is 0.328. The van der Waals surface area contributed by atoms with Crippen molar-refractivity contribution < 1.29 is 10.0 Å². The summed E-state index contributed by atoms with van der Waals surface area (Å²) in [7, 11) is 0. The molecule has 1 fully saturated rings. The van der Waals surface area contributed by atoms with Crippen molar-refractivity contribution in [2.45, 2.75) is 32.2 Å². The second-order valence-electron chi connectivity index (χ2n) is 4.91. The van der Waals surface area contributed by atoms with Gasteiger partial charge in [0.25, 0.3) is 5.91 Å². The highest BCUT2D eigenvalue weighted by Gasteiger charge is 2.25. The minimum Gasteiger partial charge on any atom is -0.409 e.